The maximum Gasteiger partial charge on any atom is 0.490 e. The number of nitrogens with zero attached hydrogens (tertiary/aromatic N) is 2. The molecule has 0 atom stereocenters. The third-order valence-electron chi connectivity index (χ3n) is 3.87. The van der Waals surface area contributed by atoms with Crippen molar-refractivity contribution in [2.75, 3.05) is 23.7 Å². The summed E-state index contributed by atoms with van der Waals surface area (Å²) >= 11 is 0. The number of aromatic carboxylic acids is 1. The fourth-order valence-electron chi connectivity index (χ4n) is 2.27. The lowest BCUT2D eigenvalue weighted by molar-refractivity contribution is -0.192. The standard InChI is InChI=1S/C17H21N3O4S.C2HF3O2/c1-11(2)12-5-7-14(8-6-12)25(23,24)19-13-9-15(17(21)22)16(18-10-13)20(3)4;3-2(4,5)1(6)7/h5-11,19H,1-4H3,(H,21,22);(H,6,7). The summed E-state index contributed by atoms with van der Waals surface area (Å²) in [7, 11) is -0.505. The molecule has 0 aliphatic carbocycles. The van der Waals surface area contributed by atoms with Crippen LogP contribution in [0.2, 0.25) is 0 Å². The highest BCUT2D eigenvalue weighted by Crippen LogP contribution is 2.23. The van der Waals surface area contributed by atoms with E-state index in [9.17, 15) is 31.5 Å². The zero-order valence-electron chi connectivity index (χ0n) is 17.5. The minimum Gasteiger partial charge on any atom is -0.478 e. The van der Waals surface area contributed by atoms with Crippen LogP contribution < -0.4 is 9.62 Å². The van der Waals surface area contributed by atoms with E-state index in [1.165, 1.54) is 24.4 Å². The Balaban J connectivity index is 0.000000633. The summed E-state index contributed by atoms with van der Waals surface area (Å²) in [6, 6.07) is 7.82. The van der Waals surface area contributed by atoms with Gasteiger partial charge >= 0.3 is 18.1 Å². The number of alkyl halides is 3. The summed E-state index contributed by atoms with van der Waals surface area (Å²) in [6.07, 6.45) is -3.79. The maximum atomic E-state index is 12.5. The topological polar surface area (TPSA) is 137 Å². The van der Waals surface area contributed by atoms with Crippen molar-refractivity contribution in [1.29, 1.82) is 0 Å². The number of hydrogen-bond donors (Lipinski definition) is 3. The van der Waals surface area contributed by atoms with E-state index < -0.39 is 28.1 Å². The van der Waals surface area contributed by atoms with E-state index in [-0.39, 0.29) is 22.0 Å². The van der Waals surface area contributed by atoms with E-state index in [2.05, 4.69) is 9.71 Å². The van der Waals surface area contributed by atoms with Crippen molar-refractivity contribution in [3.63, 3.8) is 0 Å². The van der Waals surface area contributed by atoms with Crippen LogP contribution in [0.5, 0.6) is 0 Å². The van der Waals surface area contributed by atoms with Gasteiger partial charge in [-0.2, -0.15) is 13.2 Å². The van der Waals surface area contributed by atoms with Gasteiger partial charge in [-0.1, -0.05) is 26.0 Å². The summed E-state index contributed by atoms with van der Waals surface area (Å²) in [6.45, 7) is 4.04. The molecule has 0 amide bonds. The molecule has 0 unspecified atom stereocenters. The van der Waals surface area contributed by atoms with Crippen LogP contribution in [0.15, 0.2) is 41.4 Å². The van der Waals surface area contributed by atoms with Gasteiger partial charge in [0, 0.05) is 14.1 Å². The number of nitrogens with one attached hydrogen (secondary N) is 1. The number of carbonyl (C=O) groups is 2. The van der Waals surface area contributed by atoms with E-state index in [0.717, 1.165) is 5.56 Å². The average Bonchev–Trinajstić information content (AvgIpc) is 2.67. The highest BCUT2D eigenvalue weighted by molar-refractivity contribution is 7.92. The van der Waals surface area contributed by atoms with Gasteiger partial charge in [0.2, 0.25) is 0 Å². The molecule has 0 saturated carbocycles. The van der Waals surface area contributed by atoms with Gasteiger partial charge in [0.15, 0.2) is 0 Å². The SMILES string of the molecule is CC(C)c1ccc(S(=O)(=O)Nc2cnc(N(C)C)c(C(=O)O)c2)cc1.O=C(O)C(F)(F)F. The Kier molecular flexibility index (Phi) is 8.59. The molecule has 176 valence electrons. The van der Waals surface area contributed by atoms with Crippen molar-refractivity contribution in [3.05, 3.63) is 47.7 Å². The van der Waals surface area contributed by atoms with Crippen molar-refractivity contribution in [1.82, 2.24) is 4.98 Å². The maximum absolute atomic E-state index is 12.5. The molecule has 0 bridgehead atoms. The number of pyridine rings is 1. The zero-order chi connectivity index (χ0) is 24.9. The number of hydrogen-bond acceptors (Lipinski definition) is 6. The van der Waals surface area contributed by atoms with Crippen molar-refractivity contribution in [3.8, 4) is 0 Å². The monoisotopic (exact) mass is 477 g/mol. The second-order valence-corrected chi connectivity index (χ2v) is 8.61. The molecule has 0 spiro atoms. The summed E-state index contributed by atoms with van der Waals surface area (Å²) < 4.78 is 59.1. The Morgan fingerprint density at radius 3 is 1.97 bits per heavy atom. The fraction of sp³-hybridized carbons (Fsp3) is 0.316. The number of carboxylic acids is 2. The predicted octanol–water partition coefficient (Wildman–Crippen LogP) is 3.40. The molecule has 32 heavy (non-hydrogen) atoms. The van der Waals surface area contributed by atoms with E-state index in [1.807, 2.05) is 13.8 Å². The van der Waals surface area contributed by atoms with Crippen molar-refractivity contribution >= 4 is 33.5 Å². The molecule has 3 N–H and O–H groups in total. The van der Waals surface area contributed by atoms with Crippen LogP contribution in [0.1, 0.15) is 35.7 Å². The third kappa shape index (κ3) is 7.41. The van der Waals surface area contributed by atoms with Crippen LogP contribution in [-0.4, -0.2) is 55.8 Å². The number of aromatic nitrogens is 1. The van der Waals surface area contributed by atoms with Crippen LogP contribution >= 0.6 is 0 Å². The predicted molar refractivity (Wildman–Crippen MR) is 111 cm³/mol. The van der Waals surface area contributed by atoms with E-state index >= 15 is 0 Å². The van der Waals surface area contributed by atoms with Crippen molar-refractivity contribution < 1.29 is 41.4 Å². The summed E-state index contributed by atoms with van der Waals surface area (Å²) in [5.74, 6) is -3.40. The molecule has 2 aromatic rings. The van der Waals surface area contributed by atoms with Gasteiger partial charge in [0.05, 0.1) is 16.8 Å². The number of carboxylic acid groups (broad SMARTS) is 2. The molecule has 1 heterocycles. The molecule has 2 rings (SSSR count). The lowest BCUT2D eigenvalue weighted by atomic mass is 10.0. The second kappa shape index (κ2) is 10.3. The van der Waals surface area contributed by atoms with Gasteiger partial charge in [-0.25, -0.2) is 23.0 Å². The third-order valence-corrected chi connectivity index (χ3v) is 5.27. The Morgan fingerprint density at radius 1 is 1.09 bits per heavy atom. The first kappa shape index (κ1) is 26.7. The number of rotatable bonds is 6. The first-order chi connectivity index (χ1) is 14.6. The van der Waals surface area contributed by atoms with Crippen molar-refractivity contribution in [2.24, 2.45) is 0 Å². The molecule has 1 aromatic heterocycles. The summed E-state index contributed by atoms with van der Waals surface area (Å²) in [4.78, 5) is 26.0. The molecule has 9 nitrogen and oxygen atoms in total. The Labute approximate surface area is 182 Å². The van der Waals surface area contributed by atoms with E-state index in [0.29, 0.717) is 5.92 Å². The van der Waals surface area contributed by atoms with Crippen LogP contribution in [0.3, 0.4) is 0 Å². The van der Waals surface area contributed by atoms with Gasteiger partial charge < -0.3 is 15.1 Å². The summed E-state index contributed by atoms with van der Waals surface area (Å²) in [5.41, 5.74) is 1.04. The number of benzene rings is 1. The first-order valence-electron chi connectivity index (χ1n) is 8.89. The number of halogens is 3. The van der Waals surface area contributed by atoms with Gasteiger partial charge in [-0.3, -0.25) is 4.72 Å². The molecule has 13 heteroatoms. The summed E-state index contributed by atoms with van der Waals surface area (Å²) in [5, 5.41) is 16.4. The molecule has 0 fully saturated rings. The Hall–Kier alpha value is -3.35. The van der Waals surface area contributed by atoms with Crippen LogP contribution in [0, 0.1) is 0 Å². The average molecular weight is 477 g/mol. The molecule has 0 radical (unpaired) electrons. The van der Waals surface area contributed by atoms with Crippen LogP contribution in [0.25, 0.3) is 0 Å². The second-order valence-electron chi connectivity index (χ2n) is 6.93. The molecule has 0 saturated heterocycles. The van der Waals surface area contributed by atoms with E-state index in [4.69, 9.17) is 9.90 Å². The smallest absolute Gasteiger partial charge is 0.478 e. The Bertz CT molecular complexity index is 1070. The zero-order valence-corrected chi connectivity index (χ0v) is 18.3. The molecular formula is C19H22F3N3O6S. The Morgan fingerprint density at radius 2 is 1.59 bits per heavy atom. The minimum atomic E-state index is -5.08. The minimum absolute atomic E-state index is 0.0830. The van der Waals surface area contributed by atoms with Gasteiger partial charge in [0.25, 0.3) is 10.0 Å². The normalized spacial score (nSPS) is 11.4. The number of sulfonamides is 1. The highest BCUT2D eigenvalue weighted by Gasteiger charge is 2.38. The first-order valence-corrected chi connectivity index (χ1v) is 10.4. The van der Waals surface area contributed by atoms with Gasteiger partial charge in [-0.15, -0.1) is 0 Å². The molecular weight excluding hydrogens is 455 g/mol. The highest BCUT2D eigenvalue weighted by atomic mass is 32.2. The molecule has 0 aliphatic rings. The lowest BCUT2D eigenvalue weighted by Crippen LogP contribution is -2.21. The largest absolute Gasteiger partial charge is 0.490 e. The van der Waals surface area contributed by atoms with E-state index in [1.54, 1.807) is 31.1 Å². The lowest BCUT2D eigenvalue weighted by Gasteiger charge is -2.15. The fourth-order valence-corrected chi connectivity index (χ4v) is 3.31. The molecule has 0 aliphatic heterocycles. The van der Waals surface area contributed by atoms with Crippen molar-refractivity contribution in [2.45, 2.75) is 30.8 Å². The van der Waals surface area contributed by atoms with Crippen LogP contribution in [0.4, 0.5) is 24.7 Å². The van der Waals surface area contributed by atoms with Crippen LogP contribution in [-0.2, 0) is 14.8 Å². The van der Waals surface area contributed by atoms with Gasteiger partial charge in [0.1, 0.15) is 11.4 Å². The van der Waals surface area contributed by atoms with Gasteiger partial charge in [-0.05, 0) is 29.7 Å². The quantitative estimate of drug-likeness (QED) is 0.576. The molecule has 1 aromatic carbocycles. The number of anilines is 2. The number of aliphatic carboxylic acids is 1.